The highest BCUT2D eigenvalue weighted by Gasteiger charge is 3.07. The molecule has 6 heteroatoms. The van der Waals surface area contributed by atoms with Gasteiger partial charge in [-0.15, -0.1) is 23.2 Å². The lowest BCUT2D eigenvalue weighted by Crippen LogP contribution is -2.09. The molecular weight excluding hydrogens is 459 g/mol. The van der Waals surface area contributed by atoms with Gasteiger partial charge in [-0.1, -0.05) is 0 Å². The first-order valence-electron chi connectivity index (χ1n) is 11.8. The first-order valence-corrected chi connectivity index (χ1v) is 12.5. The highest BCUT2D eigenvalue weighted by Crippen LogP contribution is 3.06. The van der Waals surface area contributed by atoms with Crippen molar-refractivity contribution in [1.82, 2.24) is 0 Å². The molecule has 3 fully saturated rings. The Labute approximate surface area is 204 Å². The van der Waals surface area contributed by atoms with Gasteiger partial charge in [-0.25, -0.2) is 0 Å². The molecule has 5 aliphatic carbocycles. The Kier molecular flexibility index (Phi) is 3.90. The maximum atomic E-state index is 7.32. The lowest BCUT2D eigenvalue weighted by molar-refractivity contribution is 0.388. The Hall–Kier alpha value is -1.78. The van der Waals surface area contributed by atoms with Crippen LogP contribution in [0.3, 0.4) is 0 Å². The van der Waals surface area contributed by atoms with E-state index in [4.69, 9.17) is 42.1 Å². The largest absolute Gasteiger partial charge is 0.496 e. The van der Waals surface area contributed by atoms with Crippen molar-refractivity contribution in [3.63, 3.8) is 0 Å². The molecule has 4 nitrogen and oxygen atoms in total. The van der Waals surface area contributed by atoms with Crippen molar-refractivity contribution in [2.75, 3.05) is 28.4 Å². The predicted octanol–water partition coefficient (Wildman–Crippen LogP) is 5.27. The van der Waals surface area contributed by atoms with E-state index in [9.17, 15) is 0 Å². The predicted molar refractivity (Wildman–Crippen MR) is 127 cm³/mol. The standard InChI is InChI=1S/C27H28Cl2O4/c1-30-21-5-6-22(31-2)14-10-18-17(9-13(14)21)25(18)26(27(25,28)29)19-11-15-16(12-20(19)26)24(33-4)8-7-23(15)32-3/h5-8,17-20H,9-12H2,1-4H3. The molecule has 2 aromatic carbocycles. The molecule has 0 heterocycles. The van der Waals surface area contributed by atoms with E-state index >= 15 is 0 Å². The zero-order chi connectivity index (χ0) is 22.9. The lowest BCUT2D eigenvalue weighted by Gasteiger charge is -2.20. The summed E-state index contributed by atoms with van der Waals surface area (Å²) in [6, 6.07) is 8.10. The van der Waals surface area contributed by atoms with Crippen LogP contribution >= 0.6 is 23.2 Å². The molecule has 0 saturated heterocycles. The van der Waals surface area contributed by atoms with Crippen molar-refractivity contribution < 1.29 is 18.9 Å². The van der Waals surface area contributed by atoms with E-state index in [2.05, 4.69) is 0 Å². The SMILES string of the molecule is COc1ccc(OC)c2c1CC1C(C2)C12C(Cl)(Cl)C21C2Cc3c(OC)ccc(OC)c3CC21. The van der Waals surface area contributed by atoms with Gasteiger partial charge >= 0.3 is 0 Å². The van der Waals surface area contributed by atoms with Gasteiger partial charge in [0.25, 0.3) is 0 Å². The van der Waals surface area contributed by atoms with Crippen molar-refractivity contribution in [2.45, 2.75) is 30.0 Å². The quantitative estimate of drug-likeness (QED) is 0.551. The van der Waals surface area contributed by atoms with Crippen LogP contribution in [0.4, 0.5) is 0 Å². The molecule has 2 aromatic rings. The summed E-state index contributed by atoms with van der Waals surface area (Å²) < 4.78 is 22.2. The molecule has 174 valence electrons. The van der Waals surface area contributed by atoms with Gasteiger partial charge in [0.2, 0.25) is 0 Å². The molecule has 2 spiro atoms. The fraction of sp³-hybridized carbons (Fsp3) is 0.556. The second-order valence-electron chi connectivity index (χ2n) is 10.4. The van der Waals surface area contributed by atoms with Gasteiger partial charge in [0.05, 0.1) is 28.4 Å². The number of methoxy groups -OCH3 is 4. The van der Waals surface area contributed by atoms with Crippen molar-refractivity contribution in [3.8, 4) is 23.0 Å². The van der Waals surface area contributed by atoms with Crippen LogP contribution in [-0.4, -0.2) is 32.8 Å². The van der Waals surface area contributed by atoms with Crippen molar-refractivity contribution in [3.05, 3.63) is 46.5 Å². The van der Waals surface area contributed by atoms with Gasteiger partial charge < -0.3 is 18.9 Å². The Morgan fingerprint density at radius 1 is 0.545 bits per heavy atom. The second kappa shape index (κ2) is 6.26. The van der Waals surface area contributed by atoms with E-state index in [1.54, 1.807) is 28.4 Å². The monoisotopic (exact) mass is 486 g/mol. The summed E-state index contributed by atoms with van der Waals surface area (Å²) in [5.74, 6) is 5.79. The topological polar surface area (TPSA) is 36.9 Å². The summed E-state index contributed by atoms with van der Waals surface area (Å²) in [5.41, 5.74) is 5.06. The van der Waals surface area contributed by atoms with Crippen LogP contribution in [0.2, 0.25) is 0 Å². The summed E-state index contributed by atoms with van der Waals surface area (Å²) in [6.07, 6.45) is 3.84. The van der Waals surface area contributed by atoms with Gasteiger partial charge in [0, 0.05) is 33.1 Å². The lowest BCUT2D eigenvalue weighted by atomic mass is 9.90. The van der Waals surface area contributed by atoms with Crippen LogP contribution in [0.5, 0.6) is 23.0 Å². The fourth-order valence-electron chi connectivity index (χ4n) is 8.86. The number of alkyl halides is 2. The van der Waals surface area contributed by atoms with E-state index in [1.807, 2.05) is 24.3 Å². The highest BCUT2D eigenvalue weighted by atomic mass is 35.5. The third-order valence-electron chi connectivity index (χ3n) is 10.0. The molecule has 7 rings (SSSR count). The number of hydrogen-bond donors (Lipinski definition) is 0. The van der Waals surface area contributed by atoms with E-state index < -0.39 is 4.33 Å². The molecule has 5 aliphatic rings. The van der Waals surface area contributed by atoms with E-state index in [0.29, 0.717) is 23.7 Å². The average Bonchev–Trinajstić information content (AvgIpc) is 3.75. The van der Waals surface area contributed by atoms with Gasteiger partial charge in [-0.05, 0) is 73.6 Å². The minimum Gasteiger partial charge on any atom is -0.496 e. The molecule has 0 aromatic heterocycles. The molecule has 0 N–H and O–H groups in total. The van der Waals surface area contributed by atoms with Crippen molar-refractivity contribution in [1.29, 1.82) is 0 Å². The normalized spacial score (nSPS) is 37.4. The molecule has 3 saturated carbocycles. The van der Waals surface area contributed by atoms with Gasteiger partial charge in [0.1, 0.15) is 27.3 Å². The molecule has 4 unspecified atom stereocenters. The Bertz CT molecular complexity index is 1040. The summed E-state index contributed by atoms with van der Waals surface area (Å²) in [6.45, 7) is 0. The number of fused-ring (bicyclic) bond motifs is 9. The summed E-state index contributed by atoms with van der Waals surface area (Å²) in [4.78, 5) is 0. The third kappa shape index (κ3) is 2.02. The summed E-state index contributed by atoms with van der Waals surface area (Å²) >= 11 is 14.6. The van der Waals surface area contributed by atoms with Crippen LogP contribution in [0.15, 0.2) is 24.3 Å². The van der Waals surface area contributed by atoms with Crippen molar-refractivity contribution in [2.24, 2.45) is 34.5 Å². The number of ether oxygens (including phenoxy) is 4. The number of halogens is 2. The van der Waals surface area contributed by atoms with Crippen LogP contribution in [-0.2, 0) is 25.7 Å². The maximum absolute atomic E-state index is 7.32. The average molecular weight is 487 g/mol. The molecule has 0 radical (unpaired) electrons. The molecule has 0 aliphatic heterocycles. The Balaban J connectivity index is 1.27. The molecule has 4 atom stereocenters. The summed E-state index contributed by atoms with van der Waals surface area (Å²) in [7, 11) is 6.99. The number of rotatable bonds is 4. The first kappa shape index (κ1) is 20.6. The van der Waals surface area contributed by atoms with Crippen LogP contribution in [0, 0.1) is 34.5 Å². The van der Waals surface area contributed by atoms with Crippen LogP contribution in [0.1, 0.15) is 22.3 Å². The number of hydrogen-bond acceptors (Lipinski definition) is 4. The minimum atomic E-state index is -0.685. The van der Waals surface area contributed by atoms with Gasteiger partial charge in [-0.3, -0.25) is 0 Å². The molecule has 33 heavy (non-hydrogen) atoms. The van der Waals surface area contributed by atoms with Gasteiger partial charge in [0.15, 0.2) is 0 Å². The van der Waals surface area contributed by atoms with E-state index in [1.165, 1.54) is 22.3 Å². The van der Waals surface area contributed by atoms with E-state index in [0.717, 1.165) is 48.7 Å². The Morgan fingerprint density at radius 2 is 0.788 bits per heavy atom. The zero-order valence-corrected chi connectivity index (χ0v) is 20.8. The van der Waals surface area contributed by atoms with Crippen molar-refractivity contribution >= 4 is 23.2 Å². The highest BCUT2D eigenvalue weighted by molar-refractivity contribution is 6.53. The fourth-order valence-corrected chi connectivity index (χ4v) is 10.5. The number of benzene rings is 2. The molecule has 0 bridgehead atoms. The summed E-state index contributed by atoms with van der Waals surface area (Å²) in [5, 5.41) is 0. The first-order chi connectivity index (χ1) is 15.9. The Morgan fingerprint density at radius 3 is 1.00 bits per heavy atom. The second-order valence-corrected chi connectivity index (χ2v) is 11.7. The minimum absolute atomic E-state index is 0.0179. The maximum Gasteiger partial charge on any atom is 0.131 e. The molecule has 0 amide bonds. The molecular formula is C27H28Cl2O4. The van der Waals surface area contributed by atoms with Crippen LogP contribution < -0.4 is 18.9 Å². The smallest absolute Gasteiger partial charge is 0.131 e. The zero-order valence-electron chi connectivity index (χ0n) is 19.3. The van der Waals surface area contributed by atoms with Crippen LogP contribution in [0.25, 0.3) is 0 Å². The van der Waals surface area contributed by atoms with E-state index in [-0.39, 0.29) is 10.8 Å². The third-order valence-corrected chi connectivity index (χ3v) is 11.3. The van der Waals surface area contributed by atoms with Gasteiger partial charge in [-0.2, -0.15) is 0 Å².